The molecule has 1 aliphatic carbocycles. The molecule has 3 heteroatoms. The van der Waals surface area contributed by atoms with E-state index in [4.69, 9.17) is 11.6 Å². The Balaban J connectivity index is 1.82. The Labute approximate surface area is 114 Å². The van der Waals surface area contributed by atoms with Crippen molar-refractivity contribution in [2.75, 3.05) is 12.4 Å². The minimum Gasteiger partial charge on any atom is -0.310 e. The van der Waals surface area contributed by atoms with Gasteiger partial charge in [-0.2, -0.15) is 0 Å². The van der Waals surface area contributed by atoms with E-state index in [2.05, 4.69) is 29.8 Å². The molecule has 0 saturated heterocycles. The van der Waals surface area contributed by atoms with Crippen LogP contribution in [0, 0.1) is 5.92 Å². The summed E-state index contributed by atoms with van der Waals surface area (Å²) in [6.07, 6.45) is 6.29. The second-order valence-electron chi connectivity index (χ2n) is 5.37. The minimum absolute atomic E-state index is 0.205. The standard InChI is InChI=1S/C14H22ClNS/c1-12-4-2-7-14(10-12,11-15)16-8-6-13-5-3-9-17-13/h3,5,9,12,16H,2,4,6-8,10-11H2,1H3. The van der Waals surface area contributed by atoms with Gasteiger partial charge in [0.1, 0.15) is 0 Å². The number of nitrogens with one attached hydrogen (secondary N) is 1. The Morgan fingerprint density at radius 1 is 1.59 bits per heavy atom. The zero-order chi connectivity index (χ0) is 12.1. The van der Waals surface area contributed by atoms with Gasteiger partial charge in [0.25, 0.3) is 0 Å². The predicted octanol–water partition coefficient (Wildman–Crippen LogP) is 4.07. The van der Waals surface area contributed by atoms with Crippen LogP contribution in [0.25, 0.3) is 0 Å². The first-order chi connectivity index (χ1) is 8.24. The summed E-state index contributed by atoms with van der Waals surface area (Å²) < 4.78 is 0. The van der Waals surface area contributed by atoms with Crippen LogP contribution in [0.5, 0.6) is 0 Å². The van der Waals surface area contributed by atoms with Crippen molar-refractivity contribution in [3.8, 4) is 0 Å². The average molecular weight is 272 g/mol. The van der Waals surface area contributed by atoms with Crippen LogP contribution in [-0.2, 0) is 6.42 Å². The molecule has 0 aromatic carbocycles. The first kappa shape index (κ1) is 13.4. The normalized spacial score (nSPS) is 29.4. The molecule has 0 radical (unpaired) electrons. The number of rotatable bonds is 5. The van der Waals surface area contributed by atoms with Crippen molar-refractivity contribution in [1.29, 1.82) is 0 Å². The van der Waals surface area contributed by atoms with Gasteiger partial charge in [0.2, 0.25) is 0 Å². The van der Waals surface area contributed by atoms with Gasteiger partial charge >= 0.3 is 0 Å². The van der Waals surface area contributed by atoms with Gasteiger partial charge < -0.3 is 5.32 Å². The van der Waals surface area contributed by atoms with E-state index in [9.17, 15) is 0 Å². The summed E-state index contributed by atoms with van der Waals surface area (Å²) in [5.41, 5.74) is 0.205. The Morgan fingerprint density at radius 3 is 3.12 bits per heavy atom. The number of hydrogen-bond acceptors (Lipinski definition) is 2. The smallest absolute Gasteiger partial charge is 0.0406 e. The van der Waals surface area contributed by atoms with Gasteiger partial charge in [0.05, 0.1) is 0 Å². The molecule has 0 bridgehead atoms. The summed E-state index contributed by atoms with van der Waals surface area (Å²) in [4.78, 5) is 1.46. The summed E-state index contributed by atoms with van der Waals surface area (Å²) in [7, 11) is 0. The number of thiophene rings is 1. The molecule has 2 unspecified atom stereocenters. The molecule has 1 N–H and O–H groups in total. The summed E-state index contributed by atoms with van der Waals surface area (Å²) in [6.45, 7) is 3.40. The van der Waals surface area contributed by atoms with Gasteiger partial charge in [-0.05, 0) is 36.6 Å². The highest BCUT2D eigenvalue weighted by Crippen LogP contribution is 2.33. The van der Waals surface area contributed by atoms with Crippen LogP contribution in [-0.4, -0.2) is 18.0 Å². The Morgan fingerprint density at radius 2 is 2.47 bits per heavy atom. The highest BCUT2D eigenvalue weighted by molar-refractivity contribution is 7.09. The topological polar surface area (TPSA) is 12.0 Å². The largest absolute Gasteiger partial charge is 0.310 e. The quantitative estimate of drug-likeness (QED) is 0.796. The van der Waals surface area contributed by atoms with E-state index >= 15 is 0 Å². The van der Waals surface area contributed by atoms with Gasteiger partial charge in [0, 0.05) is 22.8 Å². The Kier molecular flexibility index (Phi) is 4.89. The van der Waals surface area contributed by atoms with Crippen LogP contribution < -0.4 is 5.32 Å². The molecule has 1 aromatic rings. The lowest BCUT2D eigenvalue weighted by molar-refractivity contribution is 0.210. The monoisotopic (exact) mass is 271 g/mol. The molecule has 2 atom stereocenters. The van der Waals surface area contributed by atoms with E-state index in [-0.39, 0.29) is 5.54 Å². The first-order valence-electron chi connectivity index (χ1n) is 6.57. The van der Waals surface area contributed by atoms with Crippen molar-refractivity contribution in [2.45, 2.75) is 44.6 Å². The first-order valence-corrected chi connectivity index (χ1v) is 7.99. The molecular weight excluding hydrogens is 250 g/mol. The van der Waals surface area contributed by atoms with Crippen molar-refractivity contribution < 1.29 is 0 Å². The Hall–Kier alpha value is -0.0500. The second kappa shape index (κ2) is 6.21. The number of alkyl halides is 1. The third kappa shape index (κ3) is 3.70. The molecule has 0 spiro atoms. The maximum Gasteiger partial charge on any atom is 0.0406 e. The SMILES string of the molecule is CC1CCCC(CCl)(NCCc2cccs2)C1. The maximum atomic E-state index is 6.20. The van der Waals surface area contributed by atoms with Crippen molar-refractivity contribution in [3.63, 3.8) is 0 Å². The van der Waals surface area contributed by atoms with E-state index in [1.54, 1.807) is 0 Å². The lowest BCUT2D eigenvalue weighted by Gasteiger charge is -2.39. The van der Waals surface area contributed by atoms with Crippen LogP contribution >= 0.6 is 22.9 Å². The lowest BCUT2D eigenvalue weighted by Crippen LogP contribution is -2.50. The molecule has 1 fully saturated rings. The average Bonchev–Trinajstić information content (AvgIpc) is 2.82. The van der Waals surface area contributed by atoms with Crippen molar-refractivity contribution >= 4 is 22.9 Å². The molecule has 1 nitrogen and oxygen atoms in total. The van der Waals surface area contributed by atoms with Crippen LogP contribution in [0.2, 0.25) is 0 Å². The Bertz CT molecular complexity index is 325. The highest BCUT2D eigenvalue weighted by atomic mass is 35.5. The van der Waals surface area contributed by atoms with E-state index < -0.39 is 0 Å². The third-order valence-corrected chi connectivity index (χ3v) is 5.25. The minimum atomic E-state index is 0.205. The van der Waals surface area contributed by atoms with Crippen LogP contribution in [0.15, 0.2) is 17.5 Å². The van der Waals surface area contributed by atoms with Gasteiger partial charge in [-0.1, -0.05) is 25.8 Å². The zero-order valence-corrected chi connectivity index (χ0v) is 12.1. The fraction of sp³-hybridized carbons (Fsp3) is 0.714. The molecule has 0 aliphatic heterocycles. The van der Waals surface area contributed by atoms with Crippen molar-refractivity contribution in [3.05, 3.63) is 22.4 Å². The molecule has 1 aliphatic rings. The van der Waals surface area contributed by atoms with Crippen molar-refractivity contribution in [2.24, 2.45) is 5.92 Å². The molecule has 1 aromatic heterocycles. The van der Waals surface area contributed by atoms with E-state index in [1.165, 1.54) is 30.6 Å². The van der Waals surface area contributed by atoms with Gasteiger partial charge in [-0.15, -0.1) is 22.9 Å². The van der Waals surface area contributed by atoms with Gasteiger partial charge in [-0.25, -0.2) is 0 Å². The van der Waals surface area contributed by atoms with E-state index in [0.717, 1.165) is 24.8 Å². The molecule has 1 heterocycles. The van der Waals surface area contributed by atoms with E-state index in [1.807, 2.05) is 11.3 Å². The van der Waals surface area contributed by atoms with Crippen LogP contribution in [0.3, 0.4) is 0 Å². The maximum absolute atomic E-state index is 6.20. The summed E-state index contributed by atoms with van der Waals surface area (Å²) in [5, 5.41) is 5.88. The fourth-order valence-corrected chi connectivity index (χ4v) is 3.94. The molecule has 96 valence electrons. The van der Waals surface area contributed by atoms with Gasteiger partial charge in [0.15, 0.2) is 0 Å². The van der Waals surface area contributed by atoms with Crippen LogP contribution in [0.1, 0.15) is 37.5 Å². The second-order valence-corrected chi connectivity index (χ2v) is 6.67. The summed E-state index contributed by atoms with van der Waals surface area (Å²) >= 11 is 8.05. The molecule has 2 rings (SSSR count). The third-order valence-electron chi connectivity index (χ3n) is 3.80. The summed E-state index contributed by atoms with van der Waals surface area (Å²) in [5.74, 6) is 1.57. The van der Waals surface area contributed by atoms with Gasteiger partial charge in [-0.3, -0.25) is 0 Å². The predicted molar refractivity (Wildman–Crippen MR) is 77.1 cm³/mol. The molecular formula is C14H22ClNS. The van der Waals surface area contributed by atoms with Crippen molar-refractivity contribution in [1.82, 2.24) is 5.32 Å². The molecule has 1 saturated carbocycles. The summed E-state index contributed by atoms with van der Waals surface area (Å²) in [6, 6.07) is 4.34. The van der Waals surface area contributed by atoms with E-state index in [0.29, 0.717) is 0 Å². The molecule has 0 amide bonds. The number of hydrogen-bond donors (Lipinski definition) is 1. The lowest BCUT2D eigenvalue weighted by atomic mass is 9.77. The zero-order valence-electron chi connectivity index (χ0n) is 10.5. The molecule has 17 heavy (non-hydrogen) atoms. The number of halogens is 1. The van der Waals surface area contributed by atoms with Crippen LogP contribution in [0.4, 0.5) is 0 Å². The highest BCUT2D eigenvalue weighted by Gasteiger charge is 2.33. The fourth-order valence-electron chi connectivity index (χ4n) is 2.89.